The van der Waals surface area contributed by atoms with Crippen molar-refractivity contribution in [2.24, 2.45) is 0 Å². The van der Waals surface area contributed by atoms with Crippen molar-refractivity contribution in [3.05, 3.63) is 243 Å². The van der Waals surface area contributed by atoms with Crippen LogP contribution in [0.4, 0.5) is 17.1 Å². The average molecular weight is 817 g/mol. The van der Waals surface area contributed by atoms with Crippen LogP contribution in [0.5, 0.6) is 0 Å². The first-order valence-electron chi connectivity index (χ1n) is 21.8. The first-order valence-corrected chi connectivity index (χ1v) is 21.8. The van der Waals surface area contributed by atoms with Gasteiger partial charge in [0, 0.05) is 33.5 Å². The summed E-state index contributed by atoms with van der Waals surface area (Å²) in [6.45, 7) is 0. The zero-order chi connectivity index (χ0) is 42.4. The molecule has 0 aliphatic heterocycles. The van der Waals surface area contributed by atoms with Crippen molar-refractivity contribution in [1.29, 1.82) is 0 Å². The molecule has 0 aliphatic carbocycles. The van der Waals surface area contributed by atoms with E-state index in [1.807, 2.05) is 30.3 Å². The summed E-state index contributed by atoms with van der Waals surface area (Å²) in [5.41, 5.74) is 15.0. The molecule has 0 aliphatic rings. The molecule has 0 unspecified atom stereocenters. The van der Waals surface area contributed by atoms with E-state index in [1.165, 1.54) is 38.2 Å². The van der Waals surface area contributed by atoms with Crippen LogP contribution < -0.4 is 4.90 Å². The standard InChI is InChI=1S/C61H40N2O/c1-3-15-43(16-4-1)52-22-13-14-26-58(52)63(50-37-33-44(34-38-50)56-39-47-19-7-9-21-51(47)54-24-11-12-25-55(54)56)49-35-31-42(32-36-49)41-27-29-45(30-28-41)57-40-48-20-8-10-23-53(48)59-60(57)64-61(62-59)46-17-5-2-6-18-46/h1-40H. The van der Waals surface area contributed by atoms with Crippen molar-refractivity contribution in [1.82, 2.24) is 4.98 Å². The number of fused-ring (bicyclic) bond motifs is 6. The smallest absolute Gasteiger partial charge is 0.227 e. The minimum absolute atomic E-state index is 0.625. The van der Waals surface area contributed by atoms with Crippen LogP contribution in [0.3, 0.4) is 0 Å². The Morgan fingerprint density at radius 2 is 0.766 bits per heavy atom. The van der Waals surface area contributed by atoms with Crippen molar-refractivity contribution in [3.8, 4) is 56.0 Å². The summed E-state index contributed by atoms with van der Waals surface area (Å²) in [6, 6.07) is 86.6. The van der Waals surface area contributed by atoms with E-state index in [9.17, 15) is 0 Å². The number of hydrogen-bond acceptors (Lipinski definition) is 3. The number of para-hydroxylation sites is 1. The molecule has 0 spiro atoms. The summed E-state index contributed by atoms with van der Waals surface area (Å²) < 4.78 is 6.55. The molecule has 1 aromatic heterocycles. The van der Waals surface area contributed by atoms with E-state index in [2.05, 4.69) is 217 Å². The minimum Gasteiger partial charge on any atom is -0.435 e. The quantitative estimate of drug-likeness (QED) is 0.143. The first-order chi connectivity index (χ1) is 31.7. The third kappa shape index (κ3) is 6.59. The van der Waals surface area contributed by atoms with E-state index in [1.54, 1.807) is 0 Å². The van der Waals surface area contributed by atoms with E-state index in [4.69, 9.17) is 9.40 Å². The summed E-state index contributed by atoms with van der Waals surface area (Å²) in [7, 11) is 0. The Kier molecular flexibility index (Phi) is 9.16. The summed E-state index contributed by atoms with van der Waals surface area (Å²) in [5.74, 6) is 0.625. The number of oxazole rings is 1. The van der Waals surface area contributed by atoms with Gasteiger partial charge in [-0.25, -0.2) is 4.98 Å². The molecule has 64 heavy (non-hydrogen) atoms. The highest BCUT2D eigenvalue weighted by Crippen LogP contribution is 2.43. The molecular weight excluding hydrogens is 777 g/mol. The van der Waals surface area contributed by atoms with Gasteiger partial charge < -0.3 is 9.32 Å². The van der Waals surface area contributed by atoms with Gasteiger partial charge in [0.1, 0.15) is 5.52 Å². The van der Waals surface area contributed by atoms with Crippen molar-refractivity contribution in [3.63, 3.8) is 0 Å². The molecule has 3 nitrogen and oxygen atoms in total. The number of hydrogen-bond donors (Lipinski definition) is 0. The lowest BCUT2D eigenvalue weighted by molar-refractivity contribution is 0.621. The molecule has 0 amide bonds. The maximum Gasteiger partial charge on any atom is 0.227 e. The second-order valence-corrected chi connectivity index (χ2v) is 16.3. The van der Waals surface area contributed by atoms with E-state index in [0.717, 1.165) is 72.3 Å². The maximum atomic E-state index is 6.55. The van der Waals surface area contributed by atoms with Gasteiger partial charge in [0.25, 0.3) is 0 Å². The molecule has 0 saturated carbocycles. The van der Waals surface area contributed by atoms with Crippen LogP contribution in [0.1, 0.15) is 0 Å². The normalized spacial score (nSPS) is 11.4. The van der Waals surface area contributed by atoms with Gasteiger partial charge >= 0.3 is 0 Å². The lowest BCUT2D eigenvalue weighted by atomic mass is 9.93. The Labute approximate surface area is 371 Å². The van der Waals surface area contributed by atoms with Gasteiger partial charge in [-0.15, -0.1) is 0 Å². The van der Waals surface area contributed by atoms with Crippen LogP contribution in [0, 0.1) is 0 Å². The van der Waals surface area contributed by atoms with Gasteiger partial charge in [-0.05, 0) is 115 Å². The number of benzene rings is 11. The molecule has 300 valence electrons. The highest BCUT2D eigenvalue weighted by atomic mass is 16.3. The lowest BCUT2D eigenvalue weighted by Crippen LogP contribution is -2.11. The highest BCUT2D eigenvalue weighted by molar-refractivity contribution is 6.14. The Balaban J connectivity index is 0.918. The molecule has 0 fully saturated rings. The Bertz CT molecular complexity index is 3630. The molecule has 0 bridgehead atoms. The van der Waals surface area contributed by atoms with Crippen molar-refractivity contribution in [2.45, 2.75) is 0 Å². The Morgan fingerprint density at radius 3 is 1.45 bits per heavy atom. The summed E-state index contributed by atoms with van der Waals surface area (Å²) in [5, 5.41) is 7.26. The summed E-state index contributed by atoms with van der Waals surface area (Å²) in [6.07, 6.45) is 0. The van der Waals surface area contributed by atoms with Gasteiger partial charge in [-0.2, -0.15) is 0 Å². The zero-order valence-electron chi connectivity index (χ0n) is 34.9. The Morgan fingerprint density at radius 1 is 0.312 bits per heavy atom. The van der Waals surface area contributed by atoms with Crippen molar-refractivity contribution < 1.29 is 4.42 Å². The van der Waals surface area contributed by atoms with Crippen molar-refractivity contribution in [2.75, 3.05) is 4.90 Å². The van der Waals surface area contributed by atoms with Crippen molar-refractivity contribution >= 4 is 60.5 Å². The van der Waals surface area contributed by atoms with E-state index < -0.39 is 0 Å². The third-order valence-electron chi connectivity index (χ3n) is 12.5. The molecule has 0 N–H and O–H groups in total. The van der Waals surface area contributed by atoms with Gasteiger partial charge in [0.05, 0.1) is 5.69 Å². The number of anilines is 3. The van der Waals surface area contributed by atoms with Gasteiger partial charge in [0.15, 0.2) is 5.58 Å². The fraction of sp³-hybridized carbons (Fsp3) is 0. The second kappa shape index (κ2) is 15.7. The number of rotatable bonds is 8. The predicted molar refractivity (Wildman–Crippen MR) is 268 cm³/mol. The maximum absolute atomic E-state index is 6.55. The molecule has 1 heterocycles. The molecule has 12 rings (SSSR count). The lowest BCUT2D eigenvalue weighted by Gasteiger charge is -2.28. The van der Waals surface area contributed by atoms with Crippen LogP contribution in [0.25, 0.3) is 99.4 Å². The number of nitrogens with zero attached hydrogens (tertiary/aromatic N) is 2. The van der Waals surface area contributed by atoms with Crippen LogP contribution in [-0.2, 0) is 0 Å². The van der Waals surface area contributed by atoms with Gasteiger partial charge in [-0.1, -0.05) is 188 Å². The average Bonchev–Trinajstić information content (AvgIpc) is 3.84. The summed E-state index contributed by atoms with van der Waals surface area (Å²) >= 11 is 0. The molecule has 3 heteroatoms. The van der Waals surface area contributed by atoms with Crippen LogP contribution in [-0.4, -0.2) is 4.98 Å². The fourth-order valence-corrected chi connectivity index (χ4v) is 9.35. The molecular formula is C61H40N2O. The zero-order valence-corrected chi connectivity index (χ0v) is 34.9. The fourth-order valence-electron chi connectivity index (χ4n) is 9.35. The molecule has 0 atom stereocenters. The van der Waals surface area contributed by atoms with E-state index in [-0.39, 0.29) is 0 Å². The molecule has 0 radical (unpaired) electrons. The van der Waals surface area contributed by atoms with E-state index in [0.29, 0.717) is 5.89 Å². The number of aromatic nitrogens is 1. The highest BCUT2D eigenvalue weighted by Gasteiger charge is 2.20. The molecule has 0 saturated heterocycles. The Hall–Kier alpha value is -8.53. The second-order valence-electron chi connectivity index (χ2n) is 16.3. The molecule has 11 aromatic carbocycles. The first kappa shape index (κ1) is 37.2. The largest absolute Gasteiger partial charge is 0.435 e. The topological polar surface area (TPSA) is 29.3 Å². The molecule has 12 aromatic rings. The summed E-state index contributed by atoms with van der Waals surface area (Å²) in [4.78, 5) is 7.40. The van der Waals surface area contributed by atoms with Gasteiger partial charge in [-0.3, -0.25) is 0 Å². The van der Waals surface area contributed by atoms with Gasteiger partial charge in [0.2, 0.25) is 5.89 Å². The van der Waals surface area contributed by atoms with Crippen LogP contribution in [0.15, 0.2) is 247 Å². The third-order valence-corrected chi connectivity index (χ3v) is 12.5. The van der Waals surface area contributed by atoms with E-state index >= 15 is 0 Å². The SMILES string of the molecule is c1ccc(-c2nc3c(o2)c(-c2ccc(-c4ccc(N(c5ccc(-c6cc7ccccc7c7ccccc67)cc5)c5ccccc5-c5ccccc5)cc4)cc2)cc2ccccc23)cc1. The minimum atomic E-state index is 0.625. The predicted octanol–water partition coefficient (Wildman–Crippen LogP) is 17.1. The monoisotopic (exact) mass is 816 g/mol. The van der Waals surface area contributed by atoms with Crippen LogP contribution in [0.2, 0.25) is 0 Å². The van der Waals surface area contributed by atoms with Crippen LogP contribution >= 0.6 is 0 Å².